The number of amides is 1. The van der Waals surface area contributed by atoms with Crippen molar-refractivity contribution in [1.82, 2.24) is 4.90 Å². The third kappa shape index (κ3) is 3.07. The van der Waals surface area contributed by atoms with E-state index in [9.17, 15) is 4.79 Å². The number of rotatable bonds is 4. The van der Waals surface area contributed by atoms with Gasteiger partial charge in [-0.05, 0) is 35.2 Å². The van der Waals surface area contributed by atoms with Crippen LogP contribution in [-0.4, -0.2) is 32.0 Å². The van der Waals surface area contributed by atoms with Crippen LogP contribution in [0.15, 0.2) is 36.4 Å². The van der Waals surface area contributed by atoms with Crippen LogP contribution in [0.2, 0.25) is 0 Å². The predicted molar refractivity (Wildman–Crippen MR) is 106 cm³/mol. The van der Waals surface area contributed by atoms with E-state index in [-0.39, 0.29) is 17.6 Å². The van der Waals surface area contributed by atoms with Crippen LogP contribution in [0.1, 0.15) is 35.0 Å². The molecule has 3 aromatic rings. The molecule has 2 aromatic carbocycles. The van der Waals surface area contributed by atoms with Gasteiger partial charge >= 0.3 is 0 Å². The summed E-state index contributed by atoms with van der Waals surface area (Å²) >= 11 is 1.21. The molecule has 1 aromatic heterocycles. The lowest BCUT2D eigenvalue weighted by molar-refractivity contribution is 0.0832. The van der Waals surface area contributed by atoms with Gasteiger partial charge in [-0.3, -0.25) is 4.79 Å². The smallest absolute Gasteiger partial charge is 0.263 e. The second-order valence-corrected chi connectivity index (χ2v) is 7.79. The average Bonchev–Trinajstić information content (AvgIpc) is 3.07. The minimum atomic E-state index is -0.239. The summed E-state index contributed by atoms with van der Waals surface area (Å²) in [4.78, 5) is 14.4. The summed E-state index contributed by atoms with van der Waals surface area (Å²) < 4.78 is 21.2. The molecule has 0 saturated heterocycles. The van der Waals surface area contributed by atoms with E-state index in [1.165, 1.54) is 16.2 Å². The predicted octanol–water partition coefficient (Wildman–Crippen LogP) is 5.54. The minimum absolute atomic E-state index is 0.0305. The molecule has 3 rings (SSSR count). The molecular weight excluding hydrogens is 349 g/mol. The van der Waals surface area contributed by atoms with Crippen molar-refractivity contribution >= 4 is 27.3 Å². The van der Waals surface area contributed by atoms with Gasteiger partial charge in [-0.2, -0.15) is 0 Å². The molecule has 136 valence electrons. The number of carbonyl (C=O) groups excluding carboxylic acids is 1. The highest BCUT2D eigenvalue weighted by atomic mass is 32.1. The van der Waals surface area contributed by atoms with Crippen LogP contribution in [0.4, 0.5) is 4.39 Å². The first-order valence-corrected chi connectivity index (χ1v) is 9.27. The molecule has 0 bridgehead atoms. The number of fused-ring (bicyclic) bond motifs is 1. The largest absolute Gasteiger partial charge is 0.496 e. The zero-order valence-corrected chi connectivity index (χ0v) is 16.4. The van der Waals surface area contributed by atoms with Crippen molar-refractivity contribution in [2.75, 3.05) is 21.2 Å². The zero-order valence-electron chi connectivity index (χ0n) is 15.6. The SMILES string of the molecule is COc1ccccc1-c1cc(C(C)C)c(F)c2sc(C(=O)N(C)C)cc12. The van der Waals surface area contributed by atoms with Crippen LogP contribution in [0, 0.1) is 5.82 Å². The summed E-state index contributed by atoms with van der Waals surface area (Å²) in [5.41, 5.74) is 2.42. The lowest BCUT2D eigenvalue weighted by Gasteiger charge is -2.14. The maximum Gasteiger partial charge on any atom is 0.263 e. The van der Waals surface area contributed by atoms with E-state index in [4.69, 9.17) is 4.74 Å². The minimum Gasteiger partial charge on any atom is -0.496 e. The topological polar surface area (TPSA) is 29.5 Å². The van der Waals surface area contributed by atoms with Gasteiger partial charge in [0.05, 0.1) is 16.7 Å². The number of thiophene rings is 1. The number of halogens is 1. The highest BCUT2D eigenvalue weighted by molar-refractivity contribution is 7.21. The van der Waals surface area contributed by atoms with Gasteiger partial charge in [-0.15, -0.1) is 11.3 Å². The van der Waals surface area contributed by atoms with Gasteiger partial charge in [0.1, 0.15) is 11.6 Å². The molecule has 0 spiro atoms. The van der Waals surface area contributed by atoms with Gasteiger partial charge in [-0.25, -0.2) is 4.39 Å². The number of ether oxygens (including phenoxy) is 1. The number of hydrogen-bond acceptors (Lipinski definition) is 3. The molecule has 3 nitrogen and oxygen atoms in total. The monoisotopic (exact) mass is 371 g/mol. The second kappa shape index (κ2) is 7.08. The molecule has 0 N–H and O–H groups in total. The molecule has 1 heterocycles. The Morgan fingerprint density at radius 2 is 1.85 bits per heavy atom. The molecular formula is C21H22FNO2S. The Kier molecular flexibility index (Phi) is 5.01. The summed E-state index contributed by atoms with van der Waals surface area (Å²) in [5.74, 6) is 0.392. The van der Waals surface area contributed by atoms with Crippen molar-refractivity contribution < 1.29 is 13.9 Å². The van der Waals surface area contributed by atoms with E-state index in [1.54, 1.807) is 27.3 Å². The van der Waals surface area contributed by atoms with Crippen LogP contribution in [0.25, 0.3) is 21.2 Å². The van der Waals surface area contributed by atoms with Crippen molar-refractivity contribution in [3.05, 3.63) is 52.7 Å². The summed E-state index contributed by atoms with van der Waals surface area (Å²) in [5, 5.41) is 0.742. The molecule has 0 aliphatic rings. The molecule has 1 amide bonds. The fraction of sp³-hybridized carbons (Fsp3) is 0.286. The second-order valence-electron chi connectivity index (χ2n) is 6.74. The summed E-state index contributed by atoms with van der Waals surface area (Å²) in [7, 11) is 5.02. The molecule has 0 aliphatic heterocycles. The molecule has 0 radical (unpaired) electrons. The number of benzene rings is 2. The van der Waals surface area contributed by atoms with Crippen molar-refractivity contribution in [2.45, 2.75) is 19.8 Å². The van der Waals surface area contributed by atoms with E-state index in [0.717, 1.165) is 22.3 Å². The highest BCUT2D eigenvalue weighted by Gasteiger charge is 2.22. The molecule has 0 unspecified atom stereocenters. The third-order valence-electron chi connectivity index (χ3n) is 4.41. The van der Waals surface area contributed by atoms with Crippen LogP contribution >= 0.6 is 11.3 Å². The van der Waals surface area contributed by atoms with E-state index >= 15 is 4.39 Å². The fourth-order valence-electron chi connectivity index (χ4n) is 3.02. The lowest BCUT2D eigenvalue weighted by atomic mass is 9.93. The van der Waals surface area contributed by atoms with Gasteiger partial charge in [0.15, 0.2) is 0 Å². The molecule has 26 heavy (non-hydrogen) atoms. The van der Waals surface area contributed by atoms with Crippen molar-refractivity contribution in [3.8, 4) is 16.9 Å². The number of methoxy groups -OCH3 is 1. The number of carbonyl (C=O) groups is 1. The Balaban J connectivity index is 2.37. The molecule has 0 aliphatic carbocycles. The van der Waals surface area contributed by atoms with Crippen LogP contribution in [0.3, 0.4) is 0 Å². The first-order valence-electron chi connectivity index (χ1n) is 8.46. The van der Waals surface area contributed by atoms with E-state index in [1.807, 2.05) is 44.2 Å². The first-order chi connectivity index (χ1) is 12.3. The average molecular weight is 371 g/mol. The van der Waals surface area contributed by atoms with E-state index in [0.29, 0.717) is 15.1 Å². The van der Waals surface area contributed by atoms with Crippen LogP contribution in [0.5, 0.6) is 5.75 Å². The first kappa shape index (κ1) is 18.4. The maximum absolute atomic E-state index is 15.1. The van der Waals surface area contributed by atoms with Gasteiger partial charge in [-0.1, -0.05) is 32.0 Å². The normalized spacial score (nSPS) is 11.2. The molecule has 5 heteroatoms. The Morgan fingerprint density at radius 3 is 2.46 bits per heavy atom. The molecule has 0 fully saturated rings. The summed E-state index contributed by atoms with van der Waals surface area (Å²) in [6, 6.07) is 11.4. The van der Waals surface area contributed by atoms with E-state index in [2.05, 4.69) is 0 Å². The lowest BCUT2D eigenvalue weighted by Crippen LogP contribution is -2.20. The third-order valence-corrected chi connectivity index (χ3v) is 5.53. The fourth-order valence-corrected chi connectivity index (χ4v) is 4.17. The highest BCUT2D eigenvalue weighted by Crippen LogP contribution is 2.42. The number of para-hydroxylation sites is 1. The van der Waals surface area contributed by atoms with Gasteiger partial charge in [0.25, 0.3) is 5.91 Å². The molecule has 0 atom stereocenters. The molecule has 0 saturated carbocycles. The standard InChI is InChI=1S/C21H22FNO2S/c1-12(2)14-10-15(13-8-6-7-9-17(13)25-5)16-11-18(21(24)23(3)4)26-20(16)19(14)22/h6-12H,1-5H3. The van der Waals surface area contributed by atoms with Crippen molar-refractivity contribution in [1.29, 1.82) is 0 Å². The number of hydrogen-bond donors (Lipinski definition) is 0. The Labute approximate surface area is 157 Å². The quantitative estimate of drug-likeness (QED) is 0.602. The summed E-state index contributed by atoms with van der Waals surface area (Å²) in [6.45, 7) is 3.94. The van der Waals surface area contributed by atoms with Crippen molar-refractivity contribution in [3.63, 3.8) is 0 Å². The van der Waals surface area contributed by atoms with Crippen LogP contribution < -0.4 is 4.74 Å². The van der Waals surface area contributed by atoms with Crippen LogP contribution in [-0.2, 0) is 0 Å². The van der Waals surface area contributed by atoms with Gasteiger partial charge in [0.2, 0.25) is 0 Å². The zero-order chi connectivity index (χ0) is 19.0. The Hall–Kier alpha value is -2.40. The van der Waals surface area contributed by atoms with Gasteiger partial charge < -0.3 is 9.64 Å². The number of nitrogens with zero attached hydrogens (tertiary/aromatic N) is 1. The summed E-state index contributed by atoms with van der Waals surface area (Å²) in [6.07, 6.45) is 0. The Morgan fingerprint density at radius 1 is 1.15 bits per heavy atom. The van der Waals surface area contributed by atoms with E-state index < -0.39 is 0 Å². The van der Waals surface area contributed by atoms with Gasteiger partial charge in [0, 0.05) is 25.0 Å². The van der Waals surface area contributed by atoms with Crippen molar-refractivity contribution in [2.24, 2.45) is 0 Å². The maximum atomic E-state index is 15.1. The Bertz CT molecular complexity index is 976.